The van der Waals surface area contributed by atoms with Crippen molar-refractivity contribution in [1.29, 1.82) is 0 Å². The number of aryl methyl sites for hydroxylation is 1. The van der Waals surface area contributed by atoms with Crippen LogP contribution in [0.1, 0.15) is 30.5 Å². The van der Waals surface area contributed by atoms with Crippen molar-refractivity contribution in [2.45, 2.75) is 44.8 Å². The molecule has 0 spiro atoms. The Morgan fingerprint density at radius 2 is 1.79 bits per heavy atom. The zero-order valence-electron chi connectivity index (χ0n) is 17.8. The fraction of sp³-hybridized carbons (Fsp3) is 0.652. The van der Waals surface area contributed by atoms with Gasteiger partial charge in [0.05, 0.1) is 0 Å². The van der Waals surface area contributed by atoms with E-state index in [4.69, 9.17) is 0 Å². The molecule has 2 saturated heterocycles. The summed E-state index contributed by atoms with van der Waals surface area (Å²) in [7, 11) is 4.40. The Labute approximate surface area is 169 Å². The summed E-state index contributed by atoms with van der Waals surface area (Å²) < 4.78 is 2.32. The quantitative estimate of drug-likeness (QED) is 0.859. The zero-order valence-corrected chi connectivity index (χ0v) is 17.8. The van der Waals surface area contributed by atoms with Crippen molar-refractivity contribution < 1.29 is 5.11 Å². The Balaban J connectivity index is 1.48. The van der Waals surface area contributed by atoms with E-state index in [0.29, 0.717) is 12.1 Å². The van der Waals surface area contributed by atoms with Crippen LogP contribution >= 0.6 is 0 Å². The molecule has 2 aliphatic heterocycles. The van der Waals surface area contributed by atoms with Gasteiger partial charge >= 0.3 is 0 Å². The number of hydrogen-bond donors (Lipinski definition) is 1. The number of benzene rings is 1. The van der Waals surface area contributed by atoms with Crippen LogP contribution in [0.15, 0.2) is 24.3 Å². The molecular weight excluding hydrogens is 348 g/mol. The normalized spacial score (nSPS) is 23.6. The average Bonchev–Trinajstić information content (AvgIpc) is 2.95. The number of piperazine rings is 1. The smallest absolute Gasteiger partial charge is 0.0483 e. The molecule has 1 atom stereocenters. The van der Waals surface area contributed by atoms with Crippen molar-refractivity contribution in [1.82, 2.24) is 19.3 Å². The van der Waals surface area contributed by atoms with Gasteiger partial charge in [0.2, 0.25) is 0 Å². The molecule has 3 heterocycles. The van der Waals surface area contributed by atoms with Gasteiger partial charge in [-0.1, -0.05) is 18.2 Å². The molecule has 2 fully saturated rings. The molecule has 1 unspecified atom stereocenters. The van der Waals surface area contributed by atoms with Crippen LogP contribution in [0.2, 0.25) is 0 Å². The van der Waals surface area contributed by atoms with Gasteiger partial charge in [0, 0.05) is 68.5 Å². The van der Waals surface area contributed by atoms with Crippen molar-refractivity contribution in [3.63, 3.8) is 0 Å². The van der Waals surface area contributed by atoms with Crippen molar-refractivity contribution in [2.24, 2.45) is 7.05 Å². The van der Waals surface area contributed by atoms with Crippen LogP contribution in [0, 0.1) is 6.92 Å². The molecule has 4 rings (SSSR count). The highest BCUT2D eigenvalue weighted by Crippen LogP contribution is 2.28. The van der Waals surface area contributed by atoms with Crippen molar-refractivity contribution >= 4 is 10.9 Å². The third-order valence-electron chi connectivity index (χ3n) is 7.14. The minimum Gasteiger partial charge on any atom is -0.396 e. The Morgan fingerprint density at radius 3 is 2.54 bits per heavy atom. The monoisotopic (exact) mass is 384 g/mol. The van der Waals surface area contributed by atoms with Gasteiger partial charge in [-0.05, 0) is 58.0 Å². The highest BCUT2D eigenvalue weighted by Gasteiger charge is 2.33. The molecule has 1 aromatic heterocycles. The summed E-state index contributed by atoms with van der Waals surface area (Å²) in [6.07, 6.45) is 3.42. The van der Waals surface area contributed by atoms with Gasteiger partial charge in [0.15, 0.2) is 0 Å². The summed E-state index contributed by atoms with van der Waals surface area (Å²) in [6, 6.07) is 9.92. The highest BCUT2D eigenvalue weighted by atomic mass is 16.3. The van der Waals surface area contributed by atoms with Gasteiger partial charge in [-0.3, -0.25) is 9.80 Å². The predicted molar refractivity (Wildman–Crippen MR) is 116 cm³/mol. The number of hydrogen-bond acceptors (Lipinski definition) is 4. The number of piperidine rings is 1. The number of rotatable bonds is 5. The first kappa shape index (κ1) is 19.9. The van der Waals surface area contributed by atoms with Crippen molar-refractivity contribution in [2.75, 3.05) is 46.4 Å². The lowest BCUT2D eigenvalue weighted by Gasteiger charge is -2.47. The summed E-state index contributed by atoms with van der Waals surface area (Å²) in [5.41, 5.74) is 4.16. The second-order valence-electron chi connectivity index (χ2n) is 8.81. The number of aliphatic hydroxyl groups is 1. The van der Waals surface area contributed by atoms with Crippen molar-refractivity contribution in [3.05, 3.63) is 35.5 Å². The van der Waals surface area contributed by atoms with Gasteiger partial charge in [-0.25, -0.2) is 0 Å². The number of fused-ring (bicyclic) bond motifs is 1. The van der Waals surface area contributed by atoms with E-state index in [1.807, 2.05) is 0 Å². The van der Waals surface area contributed by atoms with Gasteiger partial charge in [0.25, 0.3) is 0 Å². The summed E-state index contributed by atoms with van der Waals surface area (Å²) in [4.78, 5) is 7.77. The lowest BCUT2D eigenvalue weighted by atomic mass is 9.98. The molecule has 154 valence electrons. The van der Waals surface area contributed by atoms with E-state index in [1.54, 1.807) is 0 Å². The number of para-hydroxylation sites is 1. The van der Waals surface area contributed by atoms with Gasteiger partial charge < -0.3 is 14.6 Å². The van der Waals surface area contributed by atoms with Crippen LogP contribution in [0.3, 0.4) is 0 Å². The lowest BCUT2D eigenvalue weighted by molar-refractivity contribution is 0.00605. The fourth-order valence-electron chi connectivity index (χ4n) is 5.31. The minimum atomic E-state index is 0.287. The van der Waals surface area contributed by atoms with E-state index >= 15 is 0 Å². The summed E-state index contributed by atoms with van der Waals surface area (Å²) in [5.74, 6) is 0. The fourth-order valence-corrected chi connectivity index (χ4v) is 5.31. The maximum Gasteiger partial charge on any atom is 0.0483 e. The van der Waals surface area contributed by atoms with Gasteiger partial charge in [-0.2, -0.15) is 0 Å². The first-order valence-corrected chi connectivity index (χ1v) is 10.9. The molecule has 5 heteroatoms. The number of aromatic nitrogens is 1. The molecular formula is C23H36N4O. The average molecular weight is 385 g/mol. The number of aliphatic hydroxyl groups excluding tert-OH is 1. The maximum absolute atomic E-state index is 9.68. The van der Waals surface area contributed by atoms with Crippen LogP contribution in [-0.4, -0.2) is 82.8 Å². The first-order chi connectivity index (χ1) is 13.6. The van der Waals surface area contributed by atoms with Crippen LogP contribution in [0.4, 0.5) is 0 Å². The molecule has 2 aliphatic rings. The Hall–Kier alpha value is -1.40. The SMILES string of the molecule is Cc1c(CN2CCN(C3CCN(C)CC3)C(CCO)C2)c2ccccc2n1C. The minimum absolute atomic E-state index is 0.287. The lowest BCUT2D eigenvalue weighted by Crippen LogP contribution is -2.58. The molecule has 0 radical (unpaired) electrons. The van der Waals surface area contributed by atoms with Gasteiger partial charge in [0.1, 0.15) is 0 Å². The summed E-state index contributed by atoms with van der Waals surface area (Å²) in [5, 5.41) is 11.1. The third-order valence-corrected chi connectivity index (χ3v) is 7.14. The maximum atomic E-state index is 9.68. The van der Waals surface area contributed by atoms with E-state index in [0.717, 1.165) is 32.6 Å². The Morgan fingerprint density at radius 1 is 1.04 bits per heavy atom. The predicted octanol–water partition coefficient (Wildman–Crippen LogP) is 2.45. The van der Waals surface area contributed by atoms with Crippen LogP contribution in [-0.2, 0) is 13.6 Å². The molecule has 2 aromatic rings. The first-order valence-electron chi connectivity index (χ1n) is 10.9. The topological polar surface area (TPSA) is 34.9 Å². The number of nitrogens with zero attached hydrogens (tertiary/aromatic N) is 4. The molecule has 28 heavy (non-hydrogen) atoms. The van der Waals surface area contributed by atoms with Crippen LogP contribution < -0.4 is 0 Å². The third kappa shape index (κ3) is 3.86. The summed E-state index contributed by atoms with van der Waals surface area (Å²) in [6.45, 7) is 9.26. The molecule has 0 saturated carbocycles. The molecule has 5 nitrogen and oxygen atoms in total. The van der Waals surface area contributed by atoms with E-state index in [1.165, 1.54) is 48.1 Å². The van der Waals surface area contributed by atoms with Crippen LogP contribution in [0.5, 0.6) is 0 Å². The molecule has 0 bridgehead atoms. The van der Waals surface area contributed by atoms with E-state index in [2.05, 4.69) is 64.6 Å². The number of likely N-dealkylation sites (tertiary alicyclic amines) is 1. The second-order valence-corrected chi connectivity index (χ2v) is 8.81. The molecule has 0 aliphatic carbocycles. The Kier molecular flexibility index (Phi) is 6.07. The second kappa shape index (κ2) is 8.54. The van der Waals surface area contributed by atoms with Crippen LogP contribution in [0.25, 0.3) is 10.9 Å². The van der Waals surface area contributed by atoms with E-state index in [9.17, 15) is 5.11 Å². The molecule has 0 amide bonds. The zero-order chi connectivity index (χ0) is 19.7. The Bertz CT molecular complexity index is 793. The largest absolute Gasteiger partial charge is 0.396 e. The van der Waals surface area contributed by atoms with E-state index in [-0.39, 0.29) is 6.61 Å². The van der Waals surface area contributed by atoms with Gasteiger partial charge in [-0.15, -0.1) is 0 Å². The van der Waals surface area contributed by atoms with Crippen molar-refractivity contribution in [3.8, 4) is 0 Å². The molecule has 1 aromatic carbocycles. The summed E-state index contributed by atoms with van der Waals surface area (Å²) >= 11 is 0. The highest BCUT2D eigenvalue weighted by molar-refractivity contribution is 5.85. The standard InChI is InChI=1S/C23H36N4O/c1-18-22(21-6-4-5-7-23(21)25(18)3)17-26-13-14-27(20(16-26)10-15-28)19-8-11-24(2)12-9-19/h4-7,19-20,28H,8-17H2,1-3H3. The molecule has 1 N–H and O–H groups in total. The van der Waals surface area contributed by atoms with E-state index < -0.39 is 0 Å².